The SMILES string of the molecule is CC(C)(C)c1ccc(O)c(NC(=O)CCC(=O)O)c1. The van der Waals surface area contributed by atoms with Gasteiger partial charge in [-0.1, -0.05) is 26.8 Å². The minimum absolute atomic E-state index is 0.0309. The summed E-state index contributed by atoms with van der Waals surface area (Å²) >= 11 is 0. The number of aromatic hydroxyl groups is 1. The van der Waals surface area contributed by atoms with E-state index in [1.165, 1.54) is 6.07 Å². The number of aliphatic carboxylic acids is 1. The quantitative estimate of drug-likeness (QED) is 0.730. The van der Waals surface area contributed by atoms with Gasteiger partial charge >= 0.3 is 5.97 Å². The van der Waals surface area contributed by atoms with Gasteiger partial charge < -0.3 is 15.5 Å². The smallest absolute Gasteiger partial charge is 0.303 e. The number of carbonyl (C=O) groups is 2. The van der Waals surface area contributed by atoms with Crippen LogP contribution < -0.4 is 5.32 Å². The number of hydrogen-bond acceptors (Lipinski definition) is 3. The monoisotopic (exact) mass is 265 g/mol. The first-order valence-electron chi connectivity index (χ1n) is 6.05. The minimum atomic E-state index is -1.03. The van der Waals surface area contributed by atoms with Crippen LogP contribution in [0.2, 0.25) is 0 Å². The summed E-state index contributed by atoms with van der Waals surface area (Å²) in [6.07, 6.45) is -0.347. The molecule has 0 heterocycles. The van der Waals surface area contributed by atoms with Crippen LogP contribution in [-0.4, -0.2) is 22.1 Å². The Labute approximate surface area is 112 Å². The number of carboxylic acids is 1. The number of nitrogens with one attached hydrogen (secondary N) is 1. The molecular weight excluding hydrogens is 246 g/mol. The van der Waals surface area contributed by atoms with E-state index in [0.717, 1.165) is 5.56 Å². The maximum atomic E-state index is 11.5. The fraction of sp³-hybridized carbons (Fsp3) is 0.429. The molecule has 1 amide bonds. The molecule has 0 spiro atoms. The van der Waals surface area contributed by atoms with Gasteiger partial charge in [-0.15, -0.1) is 0 Å². The highest BCUT2D eigenvalue weighted by Crippen LogP contribution is 2.30. The van der Waals surface area contributed by atoms with Crippen LogP contribution in [0, 0.1) is 0 Å². The van der Waals surface area contributed by atoms with Crippen LogP contribution in [0.3, 0.4) is 0 Å². The van der Waals surface area contributed by atoms with Gasteiger partial charge in [0.1, 0.15) is 5.75 Å². The maximum absolute atomic E-state index is 11.5. The number of rotatable bonds is 4. The fourth-order valence-electron chi connectivity index (χ4n) is 1.54. The average molecular weight is 265 g/mol. The number of benzene rings is 1. The predicted octanol–water partition coefficient (Wildman–Crippen LogP) is 2.49. The van der Waals surface area contributed by atoms with Crippen LogP contribution in [0.5, 0.6) is 5.75 Å². The molecule has 1 aromatic carbocycles. The van der Waals surface area contributed by atoms with Crippen molar-refractivity contribution in [3.63, 3.8) is 0 Å². The molecule has 1 rings (SSSR count). The third-order valence-corrected chi connectivity index (χ3v) is 2.70. The molecule has 0 unspecified atom stereocenters. The van der Waals surface area contributed by atoms with E-state index in [0.29, 0.717) is 5.69 Å². The summed E-state index contributed by atoms with van der Waals surface area (Å²) < 4.78 is 0. The summed E-state index contributed by atoms with van der Waals surface area (Å²) in [5.74, 6) is -1.48. The predicted molar refractivity (Wildman–Crippen MR) is 72.3 cm³/mol. The van der Waals surface area contributed by atoms with Crippen LogP contribution in [0.25, 0.3) is 0 Å². The second-order valence-corrected chi connectivity index (χ2v) is 5.42. The molecule has 104 valence electrons. The Hall–Kier alpha value is -2.04. The zero-order valence-corrected chi connectivity index (χ0v) is 11.4. The first-order valence-corrected chi connectivity index (χ1v) is 6.05. The molecule has 3 N–H and O–H groups in total. The molecule has 0 saturated carbocycles. The van der Waals surface area contributed by atoms with Gasteiger partial charge in [0.05, 0.1) is 12.1 Å². The summed E-state index contributed by atoms with van der Waals surface area (Å²) in [5.41, 5.74) is 1.18. The van der Waals surface area contributed by atoms with E-state index in [4.69, 9.17) is 5.11 Å². The molecule has 0 aliphatic carbocycles. The number of amides is 1. The standard InChI is InChI=1S/C14H19NO4/c1-14(2,3)9-4-5-11(16)10(8-9)15-12(17)6-7-13(18)19/h4-5,8,16H,6-7H2,1-3H3,(H,15,17)(H,18,19). The molecule has 0 aliphatic heterocycles. The molecule has 0 fully saturated rings. The van der Waals surface area contributed by atoms with Gasteiger partial charge in [-0.05, 0) is 23.1 Å². The molecule has 0 radical (unpaired) electrons. The number of hydrogen-bond donors (Lipinski definition) is 3. The van der Waals surface area contributed by atoms with Crippen molar-refractivity contribution in [2.45, 2.75) is 39.0 Å². The van der Waals surface area contributed by atoms with E-state index in [1.807, 2.05) is 20.8 Å². The lowest BCUT2D eigenvalue weighted by Gasteiger charge is -2.20. The van der Waals surface area contributed by atoms with Crippen LogP contribution in [-0.2, 0) is 15.0 Å². The van der Waals surface area contributed by atoms with Crippen LogP contribution in [0.4, 0.5) is 5.69 Å². The first kappa shape index (κ1) is 15.0. The number of phenolic OH excluding ortho intramolecular Hbond substituents is 1. The lowest BCUT2D eigenvalue weighted by Crippen LogP contribution is -2.15. The Balaban J connectivity index is 2.83. The van der Waals surface area contributed by atoms with Gasteiger partial charge in [-0.25, -0.2) is 0 Å². The molecule has 0 aliphatic rings. The van der Waals surface area contributed by atoms with Crippen molar-refractivity contribution in [1.82, 2.24) is 0 Å². The molecule has 5 heteroatoms. The van der Waals surface area contributed by atoms with E-state index in [2.05, 4.69) is 5.32 Å². The summed E-state index contributed by atoms with van der Waals surface area (Å²) in [7, 11) is 0. The Morgan fingerprint density at radius 1 is 1.21 bits per heavy atom. The number of phenols is 1. The molecule has 5 nitrogen and oxygen atoms in total. The average Bonchev–Trinajstić information content (AvgIpc) is 2.28. The molecule has 0 bridgehead atoms. The van der Waals surface area contributed by atoms with Crippen molar-refractivity contribution in [1.29, 1.82) is 0 Å². The normalized spacial score (nSPS) is 11.1. The lowest BCUT2D eigenvalue weighted by molar-refractivity contribution is -0.138. The molecule has 1 aromatic rings. The van der Waals surface area contributed by atoms with Gasteiger partial charge in [0.2, 0.25) is 5.91 Å². The van der Waals surface area contributed by atoms with Gasteiger partial charge in [-0.2, -0.15) is 0 Å². The van der Waals surface area contributed by atoms with Gasteiger partial charge in [-0.3, -0.25) is 9.59 Å². The zero-order valence-electron chi connectivity index (χ0n) is 11.4. The Kier molecular flexibility index (Phi) is 4.53. The van der Waals surface area contributed by atoms with E-state index in [1.54, 1.807) is 12.1 Å². The topological polar surface area (TPSA) is 86.6 Å². The van der Waals surface area contributed by atoms with Crippen molar-refractivity contribution in [2.75, 3.05) is 5.32 Å². The van der Waals surface area contributed by atoms with Crippen molar-refractivity contribution >= 4 is 17.6 Å². The first-order chi connectivity index (χ1) is 8.70. The second kappa shape index (κ2) is 5.73. The van der Waals surface area contributed by atoms with Crippen LogP contribution >= 0.6 is 0 Å². The Morgan fingerprint density at radius 2 is 1.84 bits per heavy atom. The van der Waals surface area contributed by atoms with Crippen LogP contribution in [0.15, 0.2) is 18.2 Å². The van der Waals surface area contributed by atoms with Crippen molar-refractivity contribution in [2.24, 2.45) is 0 Å². The molecular formula is C14H19NO4. The van der Waals surface area contributed by atoms with Crippen LogP contribution in [0.1, 0.15) is 39.2 Å². The number of anilines is 1. The maximum Gasteiger partial charge on any atom is 0.303 e. The number of carbonyl (C=O) groups excluding carboxylic acids is 1. The summed E-state index contributed by atoms with van der Waals surface area (Å²) in [5, 5.41) is 20.7. The summed E-state index contributed by atoms with van der Waals surface area (Å²) in [4.78, 5) is 21.9. The highest BCUT2D eigenvalue weighted by atomic mass is 16.4. The van der Waals surface area contributed by atoms with Crippen molar-refractivity contribution < 1.29 is 19.8 Å². The largest absolute Gasteiger partial charge is 0.506 e. The molecule has 0 saturated heterocycles. The third-order valence-electron chi connectivity index (χ3n) is 2.70. The zero-order chi connectivity index (χ0) is 14.6. The van der Waals surface area contributed by atoms with E-state index < -0.39 is 11.9 Å². The fourth-order valence-corrected chi connectivity index (χ4v) is 1.54. The van der Waals surface area contributed by atoms with Gasteiger partial charge in [0.15, 0.2) is 0 Å². The lowest BCUT2D eigenvalue weighted by atomic mass is 9.87. The van der Waals surface area contributed by atoms with Gasteiger partial charge in [0.25, 0.3) is 0 Å². The molecule has 0 aromatic heterocycles. The highest BCUT2D eigenvalue weighted by Gasteiger charge is 2.16. The van der Waals surface area contributed by atoms with Gasteiger partial charge in [0, 0.05) is 6.42 Å². The van der Waals surface area contributed by atoms with E-state index in [9.17, 15) is 14.7 Å². The second-order valence-electron chi connectivity index (χ2n) is 5.42. The summed E-state index contributed by atoms with van der Waals surface area (Å²) in [6, 6.07) is 5.02. The summed E-state index contributed by atoms with van der Waals surface area (Å²) in [6.45, 7) is 6.07. The molecule has 19 heavy (non-hydrogen) atoms. The Bertz CT molecular complexity index is 489. The molecule has 0 atom stereocenters. The van der Waals surface area contributed by atoms with Crippen molar-refractivity contribution in [3.05, 3.63) is 23.8 Å². The Morgan fingerprint density at radius 3 is 2.37 bits per heavy atom. The minimum Gasteiger partial charge on any atom is -0.506 e. The third kappa shape index (κ3) is 4.62. The van der Waals surface area contributed by atoms with Crippen molar-refractivity contribution in [3.8, 4) is 5.75 Å². The highest BCUT2D eigenvalue weighted by molar-refractivity contribution is 5.93. The van der Waals surface area contributed by atoms with E-state index in [-0.39, 0.29) is 24.0 Å². The number of carboxylic acid groups (broad SMARTS) is 1. The van der Waals surface area contributed by atoms with E-state index >= 15 is 0 Å².